The lowest BCUT2D eigenvalue weighted by Gasteiger charge is -2.21. The maximum absolute atomic E-state index is 12.0. The second-order valence-corrected chi connectivity index (χ2v) is 6.15. The largest absolute Gasteiger partial charge is 0.368 e. The molecule has 2 fully saturated rings. The Morgan fingerprint density at radius 1 is 1.21 bits per heavy atom. The number of nitrogens with one attached hydrogen (secondary N) is 1. The fourth-order valence-corrected chi connectivity index (χ4v) is 3.38. The summed E-state index contributed by atoms with van der Waals surface area (Å²) in [6.45, 7) is 3.29. The van der Waals surface area contributed by atoms with Gasteiger partial charge in [-0.15, -0.1) is 0 Å². The quantitative estimate of drug-likeness (QED) is 0.772. The summed E-state index contributed by atoms with van der Waals surface area (Å²) in [5.74, 6) is 1.19. The molecule has 3 unspecified atom stereocenters. The third kappa shape index (κ3) is 4.18. The fraction of sp³-hybridized carbons (Fsp3) is 0.933. The highest BCUT2D eigenvalue weighted by Gasteiger charge is 2.28. The molecule has 19 heavy (non-hydrogen) atoms. The van der Waals surface area contributed by atoms with E-state index in [1.165, 1.54) is 32.1 Å². The molecule has 0 aromatic heterocycles. The number of carbonyl (C=O) groups excluding carboxylic acids is 1. The lowest BCUT2D eigenvalue weighted by molar-refractivity contribution is -0.133. The van der Waals surface area contributed by atoms with Gasteiger partial charge in [-0.3, -0.25) is 4.79 Å². The lowest BCUT2D eigenvalue weighted by Crippen LogP contribution is -2.40. The van der Waals surface area contributed by atoms with E-state index in [0.29, 0.717) is 24.5 Å². The van der Waals surface area contributed by atoms with Gasteiger partial charge in [0.25, 0.3) is 0 Å². The third-order valence-electron chi connectivity index (χ3n) is 4.75. The maximum atomic E-state index is 12.0. The average molecular weight is 268 g/mol. The summed E-state index contributed by atoms with van der Waals surface area (Å²) in [4.78, 5) is 12.0. The molecule has 4 nitrogen and oxygen atoms in total. The molecule has 0 aliphatic heterocycles. The summed E-state index contributed by atoms with van der Waals surface area (Å²) in [5, 5.41) is 3.09. The Labute approximate surface area is 116 Å². The maximum Gasteiger partial charge on any atom is 0.249 e. The smallest absolute Gasteiger partial charge is 0.249 e. The Morgan fingerprint density at radius 2 is 1.89 bits per heavy atom. The normalized spacial score (nSPS) is 29.6. The molecule has 2 aliphatic rings. The van der Waals surface area contributed by atoms with Gasteiger partial charge in [0.2, 0.25) is 5.91 Å². The Morgan fingerprint density at radius 3 is 2.58 bits per heavy atom. The first-order valence-electron chi connectivity index (χ1n) is 7.82. The summed E-state index contributed by atoms with van der Waals surface area (Å²) in [7, 11) is 0. The van der Waals surface area contributed by atoms with Crippen LogP contribution in [0.15, 0.2) is 0 Å². The van der Waals surface area contributed by atoms with Crippen LogP contribution in [0, 0.1) is 11.8 Å². The second kappa shape index (κ2) is 7.25. The summed E-state index contributed by atoms with van der Waals surface area (Å²) in [5.41, 5.74) is 5.76. The first kappa shape index (κ1) is 14.8. The third-order valence-corrected chi connectivity index (χ3v) is 4.75. The van der Waals surface area contributed by atoms with Crippen LogP contribution in [-0.4, -0.2) is 31.2 Å². The zero-order chi connectivity index (χ0) is 13.7. The summed E-state index contributed by atoms with van der Waals surface area (Å²) < 4.78 is 5.76. The molecule has 1 amide bonds. The van der Waals surface area contributed by atoms with Crippen molar-refractivity contribution in [3.8, 4) is 0 Å². The van der Waals surface area contributed by atoms with Crippen LogP contribution in [0.2, 0.25) is 0 Å². The first-order valence-corrected chi connectivity index (χ1v) is 7.82. The van der Waals surface area contributed by atoms with Crippen LogP contribution in [0.4, 0.5) is 0 Å². The molecule has 110 valence electrons. The van der Waals surface area contributed by atoms with Crippen LogP contribution in [0.3, 0.4) is 0 Å². The Balaban J connectivity index is 1.68. The van der Waals surface area contributed by atoms with Crippen LogP contribution in [-0.2, 0) is 9.53 Å². The number of carbonyl (C=O) groups is 1. The monoisotopic (exact) mass is 268 g/mol. The number of hydrogen-bond donors (Lipinski definition) is 2. The summed E-state index contributed by atoms with van der Waals surface area (Å²) in [6, 6.07) is 0.377. The van der Waals surface area contributed by atoms with Crippen LogP contribution < -0.4 is 11.1 Å². The molecule has 0 aromatic rings. The minimum absolute atomic E-state index is 0.0502. The van der Waals surface area contributed by atoms with E-state index in [9.17, 15) is 4.79 Å². The van der Waals surface area contributed by atoms with E-state index in [4.69, 9.17) is 10.5 Å². The summed E-state index contributed by atoms with van der Waals surface area (Å²) in [6.07, 6.45) is 8.04. The predicted octanol–water partition coefficient (Wildman–Crippen LogP) is 1.83. The molecule has 0 spiro atoms. The molecule has 0 radical (unpaired) electrons. The first-order chi connectivity index (χ1) is 9.20. The molecule has 3 N–H and O–H groups in total. The van der Waals surface area contributed by atoms with Crippen molar-refractivity contribution in [1.29, 1.82) is 0 Å². The lowest BCUT2D eigenvalue weighted by atomic mass is 9.97. The Bertz CT molecular complexity index is 290. The van der Waals surface area contributed by atoms with Gasteiger partial charge in [0.15, 0.2) is 0 Å². The van der Waals surface area contributed by atoms with Crippen molar-refractivity contribution in [1.82, 2.24) is 5.32 Å². The topological polar surface area (TPSA) is 64.3 Å². The van der Waals surface area contributed by atoms with Gasteiger partial charge >= 0.3 is 0 Å². The van der Waals surface area contributed by atoms with Gasteiger partial charge in [-0.05, 0) is 51.0 Å². The molecular formula is C15H28N2O2. The average Bonchev–Trinajstić information content (AvgIpc) is 3.06. The number of hydrogen-bond acceptors (Lipinski definition) is 3. The van der Waals surface area contributed by atoms with Crippen LogP contribution >= 0.6 is 0 Å². The van der Waals surface area contributed by atoms with Gasteiger partial charge in [0, 0.05) is 6.04 Å². The number of rotatable bonds is 6. The zero-order valence-corrected chi connectivity index (χ0v) is 12.1. The standard InChI is InChI=1S/C15H28N2O2/c1-11(15(18)17-14-7-2-3-8-14)19-10-13-6-4-5-12(13)9-16/h11-14H,2-10,16H2,1H3,(H,17,18). The molecule has 0 heterocycles. The van der Waals surface area contributed by atoms with Crippen molar-refractivity contribution in [2.24, 2.45) is 17.6 Å². The van der Waals surface area contributed by atoms with Crippen LogP contribution in [0.1, 0.15) is 51.9 Å². The van der Waals surface area contributed by atoms with E-state index in [1.54, 1.807) is 0 Å². The SMILES string of the molecule is CC(OCC1CCCC1CN)C(=O)NC1CCCC1. The molecule has 0 bridgehead atoms. The molecule has 2 saturated carbocycles. The Kier molecular flexibility index (Phi) is 5.64. The van der Waals surface area contributed by atoms with Crippen molar-refractivity contribution in [3.63, 3.8) is 0 Å². The Hall–Kier alpha value is -0.610. The highest BCUT2D eigenvalue weighted by Crippen LogP contribution is 2.31. The van der Waals surface area contributed by atoms with Gasteiger partial charge in [-0.25, -0.2) is 0 Å². The predicted molar refractivity (Wildman–Crippen MR) is 75.7 cm³/mol. The van der Waals surface area contributed by atoms with Crippen molar-refractivity contribution in [2.75, 3.05) is 13.2 Å². The fourth-order valence-electron chi connectivity index (χ4n) is 3.38. The van der Waals surface area contributed by atoms with Gasteiger partial charge in [-0.1, -0.05) is 19.3 Å². The van der Waals surface area contributed by atoms with E-state index in [1.807, 2.05) is 6.92 Å². The second-order valence-electron chi connectivity index (χ2n) is 6.15. The molecular weight excluding hydrogens is 240 g/mol. The van der Waals surface area contributed by atoms with Crippen molar-refractivity contribution in [2.45, 2.75) is 64.0 Å². The van der Waals surface area contributed by atoms with Crippen molar-refractivity contribution < 1.29 is 9.53 Å². The van der Waals surface area contributed by atoms with Crippen molar-refractivity contribution >= 4 is 5.91 Å². The highest BCUT2D eigenvalue weighted by atomic mass is 16.5. The van der Waals surface area contributed by atoms with Gasteiger partial charge in [0.05, 0.1) is 6.61 Å². The van der Waals surface area contributed by atoms with E-state index in [0.717, 1.165) is 19.4 Å². The van der Waals surface area contributed by atoms with Gasteiger partial charge in [-0.2, -0.15) is 0 Å². The van der Waals surface area contributed by atoms with Crippen molar-refractivity contribution in [3.05, 3.63) is 0 Å². The summed E-state index contributed by atoms with van der Waals surface area (Å²) >= 11 is 0. The van der Waals surface area contributed by atoms with E-state index < -0.39 is 0 Å². The molecule has 2 rings (SSSR count). The van der Waals surface area contributed by atoms with Gasteiger partial charge in [0.1, 0.15) is 6.10 Å². The zero-order valence-electron chi connectivity index (χ0n) is 12.1. The highest BCUT2D eigenvalue weighted by molar-refractivity contribution is 5.80. The minimum Gasteiger partial charge on any atom is -0.368 e. The number of nitrogens with two attached hydrogens (primary N) is 1. The number of amides is 1. The van der Waals surface area contributed by atoms with Gasteiger partial charge < -0.3 is 15.8 Å². The van der Waals surface area contributed by atoms with Crippen LogP contribution in [0.25, 0.3) is 0 Å². The van der Waals surface area contributed by atoms with Crippen LogP contribution in [0.5, 0.6) is 0 Å². The molecule has 2 aliphatic carbocycles. The minimum atomic E-state index is -0.334. The molecule has 3 atom stereocenters. The molecule has 4 heteroatoms. The van der Waals surface area contributed by atoms with E-state index in [-0.39, 0.29) is 12.0 Å². The van der Waals surface area contributed by atoms with E-state index in [2.05, 4.69) is 5.32 Å². The molecule has 0 saturated heterocycles. The molecule has 0 aromatic carbocycles. The van der Waals surface area contributed by atoms with E-state index >= 15 is 0 Å². The number of ether oxygens (including phenoxy) is 1.